The Hall–Kier alpha value is -2.12. The van der Waals surface area contributed by atoms with E-state index in [1.54, 1.807) is 0 Å². The second kappa shape index (κ2) is 8.65. The highest BCUT2D eigenvalue weighted by molar-refractivity contribution is 5.49. The molecule has 124 valence electrons. The van der Waals surface area contributed by atoms with Crippen molar-refractivity contribution in [1.29, 1.82) is 0 Å². The third-order valence-corrected chi connectivity index (χ3v) is 4.97. The first-order chi connectivity index (χ1) is 11.9. The molecule has 0 aliphatic carbocycles. The number of piperidine rings is 1. The fraction of sp³-hybridized carbons (Fsp3) is 0.304. The zero-order valence-corrected chi connectivity index (χ0v) is 14.5. The molecule has 1 fully saturated rings. The van der Waals surface area contributed by atoms with Crippen LogP contribution in [-0.2, 0) is 0 Å². The van der Waals surface area contributed by atoms with Gasteiger partial charge in [0.15, 0.2) is 0 Å². The SMILES string of the molecule is C(=Cc1ccccc1)C[N+]1(CC=Cc2ccccc2)CCCCC1. The van der Waals surface area contributed by atoms with Gasteiger partial charge >= 0.3 is 0 Å². The molecule has 0 N–H and O–H groups in total. The maximum absolute atomic E-state index is 2.37. The van der Waals surface area contributed by atoms with E-state index in [4.69, 9.17) is 0 Å². The van der Waals surface area contributed by atoms with E-state index >= 15 is 0 Å². The summed E-state index contributed by atoms with van der Waals surface area (Å²) in [5.41, 5.74) is 2.60. The molecule has 1 aliphatic rings. The summed E-state index contributed by atoms with van der Waals surface area (Å²) >= 11 is 0. The average Bonchev–Trinajstić information content (AvgIpc) is 2.64. The summed E-state index contributed by atoms with van der Waals surface area (Å²) in [4.78, 5) is 0. The van der Waals surface area contributed by atoms with Crippen LogP contribution >= 0.6 is 0 Å². The number of quaternary nitrogens is 1. The van der Waals surface area contributed by atoms with Crippen LogP contribution in [0.3, 0.4) is 0 Å². The second-order valence-electron chi connectivity index (χ2n) is 6.84. The maximum atomic E-state index is 2.37. The van der Waals surface area contributed by atoms with Gasteiger partial charge in [-0.3, -0.25) is 0 Å². The lowest BCUT2D eigenvalue weighted by atomic mass is 10.1. The largest absolute Gasteiger partial charge is 0.317 e. The topological polar surface area (TPSA) is 0 Å². The van der Waals surface area contributed by atoms with Crippen molar-refractivity contribution in [2.75, 3.05) is 26.2 Å². The molecular weight excluding hydrogens is 290 g/mol. The summed E-state index contributed by atoms with van der Waals surface area (Å²) in [6.45, 7) is 4.87. The van der Waals surface area contributed by atoms with Crippen molar-refractivity contribution >= 4 is 12.2 Å². The van der Waals surface area contributed by atoms with E-state index in [1.807, 2.05) is 0 Å². The number of benzene rings is 2. The zero-order valence-electron chi connectivity index (χ0n) is 14.5. The van der Waals surface area contributed by atoms with Crippen molar-refractivity contribution in [2.24, 2.45) is 0 Å². The summed E-state index contributed by atoms with van der Waals surface area (Å²) in [5.74, 6) is 0. The minimum atomic E-state index is 1.13. The molecule has 0 unspecified atom stereocenters. The highest BCUT2D eigenvalue weighted by Gasteiger charge is 2.27. The van der Waals surface area contributed by atoms with Gasteiger partial charge in [-0.15, -0.1) is 0 Å². The van der Waals surface area contributed by atoms with E-state index in [0.717, 1.165) is 13.1 Å². The highest BCUT2D eigenvalue weighted by Crippen LogP contribution is 2.20. The second-order valence-corrected chi connectivity index (χ2v) is 6.84. The van der Waals surface area contributed by atoms with Crippen LogP contribution in [-0.4, -0.2) is 30.7 Å². The van der Waals surface area contributed by atoms with Crippen LogP contribution in [0.5, 0.6) is 0 Å². The minimum absolute atomic E-state index is 1.13. The predicted octanol–water partition coefficient (Wildman–Crippen LogP) is 5.41. The lowest BCUT2D eigenvalue weighted by Crippen LogP contribution is -2.51. The Morgan fingerprint density at radius 3 is 1.54 bits per heavy atom. The van der Waals surface area contributed by atoms with Gasteiger partial charge in [0, 0.05) is 0 Å². The van der Waals surface area contributed by atoms with Gasteiger partial charge in [0.1, 0.15) is 0 Å². The van der Waals surface area contributed by atoms with E-state index < -0.39 is 0 Å². The molecule has 1 saturated heterocycles. The lowest BCUT2D eigenvalue weighted by Gasteiger charge is -2.40. The Morgan fingerprint density at radius 2 is 1.08 bits per heavy atom. The molecule has 0 atom stereocenters. The molecule has 0 saturated carbocycles. The smallest absolute Gasteiger partial charge is 0.0979 e. The minimum Gasteiger partial charge on any atom is -0.317 e. The number of hydrogen-bond acceptors (Lipinski definition) is 0. The molecule has 0 bridgehead atoms. The van der Waals surface area contributed by atoms with Gasteiger partial charge in [0.25, 0.3) is 0 Å². The van der Waals surface area contributed by atoms with Gasteiger partial charge in [-0.25, -0.2) is 0 Å². The first-order valence-electron chi connectivity index (χ1n) is 9.15. The monoisotopic (exact) mass is 318 g/mol. The van der Waals surface area contributed by atoms with Crippen molar-refractivity contribution in [3.8, 4) is 0 Å². The Kier molecular flexibility index (Phi) is 6.03. The number of hydrogen-bond donors (Lipinski definition) is 0. The molecule has 3 rings (SSSR count). The number of nitrogens with zero attached hydrogens (tertiary/aromatic N) is 1. The summed E-state index contributed by atoms with van der Waals surface area (Å²) in [6.07, 6.45) is 13.4. The van der Waals surface area contributed by atoms with Crippen molar-refractivity contribution in [2.45, 2.75) is 19.3 Å². The van der Waals surface area contributed by atoms with Gasteiger partial charge in [0.05, 0.1) is 26.2 Å². The van der Waals surface area contributed by atoms with E-state index in [9.17, 15) is 0 Å². The molecule has 24 heavy (non-hydrogen) atoms. The van der Waals surface area contributed by atoms with E-state index in [2.05, 4.69) is 85.0 Å². The summed E-state index contributed by atoms with van der Waals surface area (Å²) in [6, 6.07) is 21.3. The molecule has 1 heterocycles. The fourth-order valence-corrected chi connectivity index (χ4v) is 3.58. The van der Waals surface area contributed by atoms with Crippen LogP contribution in [0.1, 0.15) is 30.4 Å². The molecular formula is C23H28N+. The third kappa shape index (κ3) is 4.94. The van der Waals surface area contributed by atoms with Crippen LogP contribution in [0.25, 0.3) is 12.2 Å². The molecule has 0 radical (unpaired) electrons. The van der Waals surface area contributed by atoms with Crippen LogP contribution in [0, 0.1) is 0 Å². The van der Waals surface area contributed by atoms with E-state index in [1.165, 1.54) is 48.0 Å². The molecule has 0 spiro atoms. The van der Waals surface area contributed by atoms with Gasteiger partial charge in [-0.1, -0.05) is 72.8 Å². The molecule has 0 amide bonds. The third-order valence-electron chi connectivity index (χ3n) is 4.97. The van der Waals surface area contributed by atoms with Crippen LogP contribution in [0.15, 0.2) is 72.8 Å². The first kappa shape index (κ1) is 16.7. The van der Waals surface area contributed by atoms with Gasteiger partial charge in [-0.05, 0) is 42.5 Å². The van der Waals surface area contributed by atoms with Crippen molar-refractivity contribution in [1.82, 2.24) is 0 Å². The van der Waals surface area contributed by atoms with Crippen molar-refractivity contribution in [3.05, 3.63) is 83.9 Å². The summed E-state index contributed by atoms with van der Waals surface area (Å²) < 4.78 is 1.20. The Bertz CT molecular complexity index is 595. The number of likely N-dealkylation sites (tertiary alicyclic amines) is 1. The van der Waals surface area contributed by atoms with Gasteiger partial charge < -0.3 is 4.48 Å². The van der Waals surface area contributed by atoms with Crippen LogP contribution < -0.4 is 0 Å². The molecule has 2 aromatic carbocycles. The zero-order chi connectivity index (χ0) is 16.5. The predicted molar refractivity (Wildman–Crippen MR) is 105 cm³/mol. The first-order valence-corrected chi connectivity index (χ1v) is 9.15. The Balaban J connectivity index is 1.63. The van der Waals surface area contributed by atoms with Crippen molar-refractivity contribution in [3.63, 3.8) is 0 Å². The summed E-state index contributed by atoms with van der Waals surface area (Å²) in [7, 11) is 0. The standard InChI is InChI=1S/C23H28N/c1-4-12-22(13-5-1)16-10-20-24(18-8-3-9-19-24)21-11-17-23-14-6-2-7-15-23/h1-2,4-7,10-17H,3,8-9,18-21H2/q+1. The van der Waals surface area contributed by atoms with E-state index in [-0.39, 0.29) is 0 Å². The van der Waals surface area contributed by atoms with Crippen LogP contribution in [0.4, 0.5) is 0 Å². The Labute approximate surface area is 146 Å². The molecule has 0 aromatic heterocycles. The molecule has 2 aromatic rings. The van der Waals surface area contributed by atoms with Gasteiger partial charge in [-0.2, -0.15) is 0 Å². The average molecular weight is 318 g/mol. The van der Waals surface area contributed by atoms with Crippen molar-refractivity contribution < 1.29 is 4.48 Å². The quantitative estimate of drug-likeness (QED) is 0.624. The Morgan fingerprint density at radius 1 is 0.625 bits per heavy atom. The van der Waals surface area contributed by atoms with Gasteiger partial charge in [0.2, 0.25) is 0 Å². The number of rotatable bonds is 6. The van der Waals surface area contributed by atoms with E-state index in [0.29, 0.717) is 0 Å². The molecule has 1 heteroatoms. The normalized spacial score (nSPS) is 17.5. The molecule has 1 nitrogen and oxygen atoms in total. The summed E-state index contributed by atoms with van der Waals surface area (Å²) in [5, 5.41) is 0. The maximum Gasteiger partial charge on any atom is 0.0979 e. The lowest BCUT2D eigenvalue weighted by molar-refractivity contribution is -0.921. The highest BCUT2D eigenvalue weighted by atomic mass is 15.3. The van der Waals surface area contributed by atoms with Crippen LogP contribution in [0.2, 0.25) is 0 Å². The fourth-order valence-electron chi connectivity index (χ4n) is 3.58. The molecule has 1 aliphatic heterocycles.